The third-order valence-corrected chi connectivity index (χ3v) is 17.0. The summed E-state index contributed by atoms with van der Waals surface area (Å²) in [6, 6.07) is 0. The van der Waals surface area contributed by atoms with E-state index >= 15 is 0 Å². The Morgan fingerprint density at radius 2 is 1.34 bits per heavy atom. The van der Waals surface area contributed by atoms with Gasteiger partial charge in [-0.25, -0.2) is 0 Å². The van der Waals surface area contributed by atoms with Gasteiger partial charge >= 0.3 is 0 Å². The summed E-state index contributed by atoms with van der Waals surface area (Å²) in [5.74, 6) is 0.744. The molecule has 5 heteroatoms. The maximum Gasteiger partial charge on any atom is 0.191 e. The standard InChI is InChI=1S/C24H48O3Si2/c1-18-14-15-20(24(8,9)21(18)25)19(16-26-28(10,11)22(2,3)4)17-27-29(12,13)23(5,6)7/h14,19-20H,15-17H2,1-13H3/t20-/m0/s1. The Hall–Kier alpha value is -0.236. The molecular weight excluding hydrogens is 392 g/mol. The summed E-state index contributed by atoms with van der Waals surface area (Å²) in [6.07, 6.45) is 3.06. The lowest BCUT2D eigenvalue weighted by Crippen LogP contribution is -2.49. The van der Waals surface area contributed by atoms with Crippen molar-refractivity contribution in [2.75, 3.05) is 13.2 Å². The Morgan fingerprint density at radius 3 is 1.69 bits per heavy atom. The summed E-state index contributed by atoms with van der Waals surface area (Å²) in [5, 5.41) is 0.346. The van der Waals surface area contributed by atoms with Crippen LogP contribution in [0.3, 0.4) is 0 Å². The molecule has 0 aromatic rings. The van der Waals surface area contributed by atoms with E-state index in [4.69, 9.17) is 8.85 Å². The minimum absolute atomic E-state index is 0.173. The van der Waals surface area contributed by atoms with Crippen molar-refractivity contribution >= 4 is 22.4 Å². The van der Waals surface area contributed by atoms with E-state index in [-0.39, 0.29) is 33.1 Å². The zero-order chi connectivity index (χ0) is 23.1. The molecule has 0 N–H and O–H groups in total. The summed E-state index contributed by atoms with van der Waals surface area (Å²) in [4.78, 5) is 12.9. The average molecular weight is 441 g/mol. The Kier molecular flexibility index (Phi) is 8.06. The van der Waals surface area contributed by atoms with Gasteiger partial charge in [0, 0.05) is 24.5 Å². The summed E-state index contributed by atoms with van der Waals surface area (Å²) in [5.41, 5.74) is 0.525. The van der Waals surface area contributed by atoms with Gasteiger partial charge in [0.2, 0.25) is 0 Å². The highest BCUT2D eigenvalue weighted by Crippen LogP contribution is 2.45. The van der Waals surface area contributed by atoms with Crippen LogP contribution >= 0.6 is 0 Å². The molecule has 0 amide bonds. The minimum atomic E-state index is -1.86. The van der Waals surface area contributed by atoms with Gasteiger partial charge in [-0.05, 0) is 61.1 Å². The fourth-order valence-electron chi connectivity index (χ4n) is 3.49. The second-order valence-corrected chi connectivity index (χ2v) is 22.3. The van der Waals surface area contributed by atoms with Crippen molar-refractivity contribution in [2.45, 2.75) is 105 Å². The normalized spacial score (nSPS) is 21.5. The first kappa shape index (κ1) is 26.8. The molecule has 1 atom stereocenters. The van der Waals surface area contributed by atoms with Crippen LogP contribution in [0.25, 0.3) is 0 Å². The number of ketones is 1. The van der Waals surface area contributed by atoms with Crippen LogP contribution in [0.15, 0.2) is 11.6 Å². The molecule has 29 heavy (non-hydrogen) atoms. The molecule has 1 aliphatic carbocycles. The molecule has 1 aliphatic rings. The summed E-state index contributed by atoms with van der Waals surface area (Å²) in [7, 11) is -3.73. The lowest BCUT2D eigenvalue weighted by molar-refractivity contribution is -0.128. The van der Waals surface area contributed by atoms with E-state index in [9.17, 15) is 4.79 Å². The van der Waals surface area contributed by atoms with Gasteiger partial charge in [-0.3, -0.25) is 4.79 Å². The molecule has 0 aliphatic heterocycles. The predicted octanol–water partition coefficient (Wildman–Crippen LogP) is 7.21. The van der Waals surface area contributed by atoms with Crippen molar-refractivity contribution in [3.05, 3.63) is 11.6 Å². The molecule has 0 saturated heterocycles. The highest BCUT2D eigenvalue weighted by Gasteiger charge is 2.46. The first-order valence-corrected chi connectivity index (χ1v) is 17.0. The predicted molar refractivity (Wildman–Crippen MR) is 130 cm³/mol. The number of carbonyl (C=O) groups is 1. The first-order valence-electron chi connectivity index (χ1n) is 11.2. The monoisotopic (exact) mass is 440 g/mol. The second-order valence-electron chi connectivity index (χ2n) is 12.7. The number of allylic oxidation sites excluding steroid dienone is 2. The zero-order valence-corrected chi connectivity index (χ0v) is 23.6. The van der Waals surface area contributed by atoms with Crippen LogP contribution in [0.2, 0.25) is 36.3 Å². The summed E-state index contributed by atoms with van der Waals surface area (Å²) in [6.45, 7) is 30.4. The smallest absolute Gasteiger partial charge is 0.191 e. The number of hydrogen-bond donors (Lipinski definition) is 0. The van der Waals surface area contributed by atoms with E-state index < -0.39 is 16.6 Å². The number of Topliss-reactive ketones (excluding diaryl/α,β-unsaturated/α-hetero) is 1. The van der Waals surface area contributed by atoms with Gasteiger partial charge in [0.15, 0.2) is 22.4 Å². The van der Waals surface area contributed by atoms with E-state index in [0.717, 1.165) is 12.0 Å². The molecule has 0 unspecified atom stereocenters. The van der Waals surface area contributed by atoms with Crippen LogP contribution in [0.5, 0.6) is 0 Å². The van der Waals surface area contributed by atoms with Gasteiger partial charge in [-0.15, -0.1) is 0 Å². The molecular formula is C24H48O3Si2. The maximum absolute atomic E-state index is 12.9. The van der Waals surface area contributed by atoms with Crippen molar-refractivity contribution in [1.82, 2.24) is 0 Å². The van der Waals surface area contributed by atoms with E-state index in [1.807, 2.05) is 6.92 Å². The fourth-order valence-corrected chi connectivity index (χ4v) is 5.62. The topological polar surface area (TPSA) is 35.5 Å². The van der Waals surface area contributed by atoms with Crippen LogP contribution in [0.4, 0.5) is 0 Å². The van der Waals surface area contributed by atoms with Gasteiger partial charge < -0.3 is 8.85 Å². The van der Waals surface area contributed by atoms with E-state index in [1.54, 1.807) is 0 Å². The van der Waals surface area contributed by atoms with Crippen LogP contribution in [-0.2, 0) is 13.6 Å². The maximum atomic E-state index is 12.9. The lowest BCUT2D eigenvalue weighted by Gasteiger charge is -2.45. The van der Waals surface area contributed by atoms with Crippen LogP contribution in [0.1, 0.15) is 68.7 Å². The molecule has 0 fully saturated rings. The molecule has 0 radical (unpaired) electrons. The average Bonchev–Trinajstić information content (AvgIpc) is 2.52. The van der Waals surface area contributed by atoms with Crippen LogP contribution in [0, 0.1) is 17.3 Å². The van der Waals surface area contributed by atoms with Crippen LogP contribution < -0.4 is 0 Å². The Bertz CT molecular complexity index is 589. The van der Waals surface area contributed by atoms with Crippen molar-refractivity contribution < 1.29 is 13.6 Å². The lowest BCUT2D eigenvalue weighted by atomic mass is 9.64. The fraction of sp³-hybridized carbons (Fsp3) is 0.875. The van der Waals surface area contributed by atoms with E-state index in [2.05, 4.69) is 87.7 Å². The molecule has 0 saturated carbocycles. The highest BCUT2D eigenvalue weighted by atomic mass is 28.4. The molecule has 0 aromatic heterocycles. The van der Waals surface area contributed by atoms with Gasteiger partial charge in [0.1, 0.15) is 0 Å². The summed E-state index contributed by atoms with van der Waals surface area (Å²) < 4.78 is 13.3. The molecule has 3 nitrogen and oxygen atoms in total. The number of hydrogen-bond acceptors (Lipinski definition) is 3. The van der Waals surface area contributed by atoms with Crippen molar-refractivity contribution in [3.63, 3.8) is 0 Å². The van der Waals surface area contributed by atoms with Gasteiger partial charge in [0.05, 0.1) is 0 Å². The van der Waals surface area contributed by atoms with Crippen molar-refractivity contribution in [2.24, 2.45) is 17.3 Å². The number of rotatable bonds is 7. The Morgan fingerprint density at radius 1 is 0.966 bits per heavy atom. The zero-order valence-electron chi connectivity index (χ0n) is 21.6. The first-order chi connectivity index (χ1) is 12.7. The van der Waals surface area contributed by atoms with Crippen LogP contribution in [-0.4, -0.2) is 35.6 Å². The van der Waals surface area contributed by atoms with E-state index in [1.165, 1.54) is 0 Å². The SMILES string of the molecule is CC1=CC[C@@H](C(CO[Si](C)(C)C(C)(C)C)CO[Si](C)(C)C(C)(C)C)C(C)(C)C1=O. The molecule has 0 heterocycles. The van der Waals surface area contributed by atoms with E-state index in [0.29, 0.717) is 13.2 Å². The van der Waals surface area contributed by atoms with Gasteiger partial charge in [-0.1, -0.05) is 61.5 Å². The Balaban J connectivity index is 3.14. The molecule has 170 valence electrons. The Labute approximate surface area is 183 Å². The van der Waals surface area contributed by atoms with Crippen molar-refractivity contribution in [1.29, 1.82) is 0 Å². The molecule has 0 spiro atoms. The quantitative estimate of drug-likeness (QED) is 0.392. The largest absolute Gasteiger partial charge is 0.416 e. The summed E-state index contributed by atoms with van der Waals surface area (Å²) >= 11 is 0. The van der Waals surface area contributed by atoms with Crippen molar-refractivity contribution in [3.8, 4) is 0 Å². The molecule has 0 aromatic carbocycles. The van der Waals surface area contributed by atoms with Gasteiger partial charge in [-0.2, -0.15) is 0 Å². The minimum Gasteiger partial charge on any atom is -0.416 e. The molecule has 0 bridgehead atoms. The second kappa shape index (κ2) is 8.72. The third kappa shape index (κ3) is 6.14. The molecule has 1 rings (SSSR count). The third-order valence-electron chi connectivity index (χ3n) is 8.05. The van der Waals surface area contributed by atoms with Gasteiger partial charge in [0.25, 0.3) is 0 Å². The number of carbonyl (C=O) groups excluding carboxylic acids is 1. The highest BCUT2D eigenvalue weighted by molar-refractivity contribution is 6.74.